The van der Waals surface area contributed by atoms with Crippen LogP contribution < -0.4 is 5.73 Å². The Balaban J connectivity index is 1.88. The van der Waals surface area contributed by atoms with Crippen molar-refractivity contribution in [2.24, 2.45) is 0 Å². The second kappa shape index (κ2) is 4.72. The van der Waals surface area contributed by atoms with Crippen LogP contribution in [0.25, 0.3) is 10.9 Å². The first kappa shape index (κ1) is 13.8. The van der Waals surface area contributed by atoms with Gasteiger partial charge < -0.3 is 0 Å². The van der Waals surface area contributed by atoms with Gasteiger partial charge in [0.1, 0.15) is 0 Å². The molecule has 110 valence electrons. The molecule has 8 heteroatoms. The van der Waals surface area contributed by atoms with E-state index in [4.69, 9.17) is 10.5 Å². The van der Waals surface area contributed by atoms with Crippen LogP contribution in [-0.4, -0.2) is 44.6 Å². The number of ether oxygens (including phenoxy) is 1. The molecule has 2 aromatic rings. The first-order chi connectivity index (χ1) is 9.85. The summed E-state index contributed by atoms with van der Waals surface area (Å²) in [6, 6.07) is 0. The van der Waals surface area contributed by atoms with Crippen molar-refractivity contribution in [3.63, 3.8) is 0 Å². The van der Waals surface area contributed by atoms with E-state index in [1.54, 1.807) is 4.90 Å². The number of carbonyl (C=O) groups is 1. The van der Waals surface area contributed by atoms with Crippen molar-refractivity contribution in [1.29, 1.82) is 0 Å². The van der Waals surface area contributed by atoms with Crippen molar-refractivity contribution < 1.29 is 9.53 Å². The number of fused-ring (bicyclic) bond motifs is 3. The van der Waals surface area contributed by atoms with E-state index in [0.29, 0.717) is 25.5 Å². The molecule has 0 unspecified atom stereocenters. The van der Waals surface area contributed by atoms with Crippen molar-refractivity contribution in [1.82, 2.24) is 19.4 Å². The molecule has 1 aliphatic heterocycles. The van der Waals surface area contributed by atoms with Crippen molar-refractivity contribution in [3.05, 3.63) is 11.9 Å². The molecule has 2 aromatic heterocycles. The van der Waals surface area contributed by atoms with Gasteiger partial charge in [0.05, 0.1) is 0 Å². The average molecular weight is 287 g/mol. The van der Waals surface area contributed by atoms with E-state index in [2.05, 4.69) is 14.5 Å². The third kappa shape index (κ3) is 2.57. The van der Waals surface area contributed by atoms with Crippen LogP contribution in [0.4, 0.5) is 10.6 Å². The summed E-state index contributed by atoms with van der Waals surface area (Å²) >= 11 is 0. The monoisotopic (exact) mass is 287 g/mol. The molecule has 0 aromatic carbocycles. The van der Waals surface area contributed by atoms with Crippen LogP contribution in [0, 0.1) is 0 Å². The molecule has 0 saturated heterocycles. The van der Waals surface area contributed by atoms with Gasteiger partial charge in [-0.25, -0.2) is 0 Å². The van der Waals surface area contributed by atoms with Gasteiger partial charge in [0, 0.05) is 0 Å². The van der Waals surface area contributed by atoms with Crippen LogP contribution in [0.15, 0.2) is 6.33 Å². The van der Waals surface area contributed by atoms with Gasteiger partial charge in [0.15, 0.2) is 0 Å². The fraction of sp³-hybridized carbons (Fsp3) is 0.538. The van der Waals surface area contributed by atoms with E-state index in [0.717, 1.165) is 16.5 Å². The minimum atomic E-state index is -0.489. The predicted molar refractivity (Wildman–Crippen MR) is 79.9 cm³/mol. The molecule has 0 aliphatic carbocycles. The van der Waals surface area contributed by atoms with E-state index < -0.39 is 5.60 Å². The molecule has 1 amide bonds. The first-order valence-corrected chi connectivity index (χ1v) is 6.92. The quantitative estimate of drug-likeness (QED) is 0.784. The Hall–Kier alpha value is -2.12. The van der Waals surface area contributed by atoms with Crippen molar-refractivity contribution in [2.75, 3.05) is 12.3 Å². The molecule has 1 aliphatic rings. The molecule has 0 fully saturated rings. The number of nitrogens with zero attached hydrogens (tertiary/aromatic N) is 4. The van der Waals surface area contributed by atoms with Gasteiger partial charge in [0.25, 0.3) is 0 Å². The Morgan fingerprint density at radius 2 is 2.14 bits per heavy atom. The third-order valence-corrected chi connectivity index (χ3v) is 3.41. The predicted octanol–water partition coefficient (Wildman–Crippen LogP) is 1.10. The Morgan fingerprint density at radius 1 is 1.38 bits per heavy atom. The normalized spacial score (nSPS) is 14.9. The van der Waals surface area contributed by atoms with Gasteiger partial charge in [-0.15, -0.1) is 0 Å². The number of carbonyl (C=O) groups excluding carboxylic acids is 1. The van der Waals surface area contributed by atoms with E-state index in [-0.39, 0.29) is 6.09 Å². The van der Waals surface area contributed by atoms with Gasteiger partial charge >= 0.3 is 122 Å². The SMILES string of the molecule is CC(C)(C)OC(=O)N1CCn2c(bc3c(N)ncnc32)C1. The zero-order valence-corrected chi connectivity index (χ0v) is 12.5. The van der Waals surface area contributed by atoms with E-state index >= 15 is 0 Å². The number of amides is 1. The first-order valence-electron chi connectivity index (χ1n) is 6.92. The summed E-state index contributed by atoms with van der Waals surface area (Å²) < 4.78 is 7.49. The Labute approximate surface area is 123 Å². The van der Waals surface area contributed by atoms with Gasteiger partial charge in [-0.2, -0.15) is 0 Å². The second-order valence-electron chi connectivity index (χ2n) is 6.19. The van der Waals surface area contributed by atoms with Crippen LogP contribution in [0.1, 0.15) is 26.4 Å². The molecule has 3 rings (SSSR count). The van der Waals surface area contributed by atoms with Gasteiger partial charge in [-0.1, -0.05) is 0 Å². The summed E-state index contributed by atoms with van der Waals surface area (Å²) in [7, 11) is 0. The number of nitrogen functional groups attached to an aromatic ring is 1. The van der Waals surface area contributed by atoms with Crippen molar-refractivity contribution in [3.8, 4) is 0 Å². The number of rotatable bonds is 0. The molecule has 0 radical (unpaired) electrons. The molecule has 21 heavy (non-hydrogen) atoms. The average Bonchev–Trinajstić information content (AvgIpc) is 2.76. The molecule has 3 heterocycles. The second-order valence-corrected chi connectivity index (χ2v) is 6.19. The van der Waals surface area contributed by atoms with Crippen LogP contribution in [-0.2, 0) is 17.8 Å². The van der Waals surface area contributed by atoms with Crippen molar-refractivity contribution in [2.45, 2.75) is 39.5 Å². The van der Waals surface area contributed by atoms with Gasteiger partial charge in [-0.3, -0.25) is 0 Å². The summed E-state index contributed by atoms with van der Waals surface area (Å²) in [6.45, 7) is 9.29. The van der Waals surface area contributed by atoms with Crippen molar-refractivity contribution >= 4 is 29.8 Å². The Morgan fingerprint density at radius 3 is 2.86 bits per heavy atom. The zero-order valence-electron chi connectivity index (χ0n) is 12.5. The summed E-state index contributed by atoms with van der Waals surface area (Å²) in [6.07, 6.45) is 1.17. The fourth-order valence-electron chi connectivity index (χ4n) is 2.49. The fourth-order valence-corrected chi connectivity index (χ4v) is 2.49. The van der Waals surface area contributed by atoms with Gasteiger partial charge in [0.2, 0.25) is 0 Å². The molecular formula is C13H18BN5O2. The Kier molecular flexibility index (Phi) is 3.11. The van der Waals surface area contributed by atoms with Crippen LogP contribution in [0.3, 0.4) is 0 Å². The van der Waals surface area contributed by atoms with E-state index in [1.807, 2.05) is 27.7 Å². The Bertz CT molecular complexity index is 706. The van der Waals surface area contributed by atoms with Crippen LogP contribution in [0.2, 0.25) is 0 Å². The molecule has 0 saturated carbocycles. The topological polar surface area (TPSA) is 86.3 Å². The molecule has 0 bridgehead atoms. The van der Waals surface area contributed by atoms with Crippen LogP contribution in [0.5, 0.6) is 0 Å². The minimum absolute atomic E-state index is 0.293. The molecule has 0 atom stereocenters. The summed E-state index contributed by atoms with van der Waals surface area (Å²) in [4.78, 5) is 22.1. The number of nitrogens with two attached hydrogens (primary N) is 1. The van der Waals surface area contributed by atoms with E-state index in [9.17, 15) is 4.79 Å². The third-order valence-electron chi connectivity index (χ3n) is 3.41. The number of aromatic nitrogens is 3. The van der Waals surface area contributed by atoms with Crippen LogP contribution >= 0.6 is 0 Å². The summed E-state index contributed by atoms with van der Waals surface area (Å²) in [5, 5.41) is 0.832. The maximum absolute atomic E-state index is 12.1. The summed E-state index contributed by atoms with van der Waals surface area (Å²) in [5.74, 6) is 0.464. The number of hydrogen-bond donors (Lipinski definition) is 1. The summed E-state index contributed by atoms with van der Waals surface area (Å²) in [5.41, 5.74) is 7.20. The molecule has 7 nitrogen and oxygen atoms in total. The van der Waals surface area contributed by atoms with E-state index in [1.165, 1.54) is 6.33 Å². The molecular weight excluding hydrogens is 269 g/mol. The van der Waals surface area contributed by atoms with Gasteiger partial charge in [-0.05, 0) is 0 Å². The number of anilines is 1. The number of hydrogen-bond acceptors (Lipinski definition) is 5. The standard InChI is InChI=1S/C13H18BN5O2/c1-13(2,3)21-12(20)18-4-5-19-8(6-18)14-9-10(15)16-7-17-11(9)19/h7H,4-6H2,1-3H3,(H2,15,16,17). The maximum atomic E-state index is 12.1. The zero-order chi connectivity index (χ0) is 15.2. The molecule has 2 N–H and O–H groups in total. The molecule has 0 spiro atoms.